The Labute approximate surface area is 105 Å². The topological polar surface area (TPSA) is 74.2 Å². The van der Waals surface area contributed by atoms with Crippen LogP contribution in [-0.2, 0) is 35.1 Å². The maximum absolute atomic E-state index is 10.9. The van der Waals surface area contributed by atoms with E-state index in [1.807, 2.05) is 0 Å². The molecule has 0 aromatic carbocycles. The average Bonchev–Trinajstić information content (AvgIpc) is 2.15. The fraction of sp³-hybridized carbons (Fsp3) is 0.444. The monoisotopic (exact) mass is 282 g/mol. The van der Waals surface area contributed by atoms with Gasteiger partial charge in [-0.25, -0.2) is 4.79 Å². The maximum atomic E-state index is 10.9. The molecule has 0 aliphatic heterocycles. The Morgan fingerprint density at radius 1 is 1.24 bits per heavy atom. The molecule has 0 aromatic rings. The Kier molecular flexibility index (Phi) is 7.26. The van der Waals surface area contributed by atoms with Gasteiger partial charge in [0.1, 0.15) is 0 Å². The van der Waals surface area contributed by atoms with Crippen molar-refractivity contribution >= 4 is 24.5 Å². The van der Waals surface area contributed by atoms with E-state index in [9.17, 15) is 9.69 Å². The second-order valence-corrected chi connectivity index (χ2v) is 5.86. The van der Waals surface area contributed by atoms with E-state index in [1.165, 1.54) is 6.92 Å². The fourth-order valence-corrected chi connectivity index (χ4v) is 1.21. The molecule has 98 valence electrons. The molecular weight excluding hydrogens is 267 g/mol. The van der Waals surface area contributed by atoms with Gasteiger partial charge in [0.15, 0.2) is 6.79 Å². The van der Waals surface area contributed by atoms with Gasteiger partial charge in [-0.1, -0.05) is 13.2 Å². The molecule has 0 amide bonds. The third-order valence-electron chi connectivity index (χ3n) is 1.28. The van der Waals surface area contributed by atoms with Gasteiger partial charge in [0.25, 0.3) is 0 Å². The van der Waals surface area contributed by atoms with E-state index >= 15 is 0 Å². The van der Waals surface area contributed by atoms with Crippen molar-refractivity contribution < 1.29 is 28.2 Å². The van der Waals surface area contributed by atoms with E-state index in [2.05, 4.69) is 29.7 Å². The number of ether oxygens (including phenoxy) is 2. The van der Waals surface area contributed by atoms with E-state index in [0.29, 0.717) is 5.76 Å². The van der Waals surface area contributed by atoms with E-state index < -0.39 is 19.5 Å². The summed E-state index contributed by atoms with van der Waals surface area (Å²) in [7, 11) is 0. The number of hydrogen-bond acceptors (Lipinski definition) is 6. The summed E-state index contributed by atoms with van der Waals surface area (Å²) in [5.41, 5.74) is 0.214. The zero-order valence-corrected chi connectivity index (χ0v) is 11.4. The van der Waals surface area contributed by atoms with Gasteiger partial charge >= 0.3 is 12.7 Å². The normalized spacial score (nSPS) is 13.6. The number of allylic oxidation sites excluding steroid dienone is 1. The van der Waals surface area contributed by atoms with E-state index in [1.54, 1.807) is 6.92 Å². The lowest BCUT2D eigenvalue weighted by atomic mass is 10.4. The largest absolute Gasteiger partial charge is 0.472 e. The average molecular weight is 282 g/mol. The van der Waals surface area contributed by atoms with Gasteiger partial charge in [-0.05, 0) is 25.7 Å². The highest BCUT2D eigenvalue weighted by Crippen LogP contribution is 2.43. The van der Waals surface area contributed by atoms with E-state index in [0.717, 1.165) is 0 Å². The number of rotatable bonds is 8. The molecule has 17 heavy (non-hydrogen) atoms. The first-order chi connectivity index (χ1) is 7.74. The van der Waals surface area contributed by atoms with Gasteiger partial charge < -0.3 is 14.4 Å². The molecule has 0 bridgehead atoms. The summed E-state index contributed by atoms with van der Waals surface area (Å²) in [4.78, 5) is 20.4. The first-order valence-electron chi connectivity index (χ1n) is 4.47. The molecule has 0 spiro atoms. The molecule has 0 aliphatic rings. The van der Waals surface area contributed by atoms with Crippen LogP contribution >= 0.6 is 6.72 Å². The smallest absolute Gasteiger partial charge is 0.335 e. The molecule has 1 unspecified atom stereocenters. The van der Waals surface area contributed by atoms with Crippen LogP contribution in [0, 0.1) is 0 Å². The second-order valence-electron chi connectivity index (χ2n) is 3.02. The summed E-state index contributed by atoms with van der Waals surface area (Å²) in [6.45, 7) is 5.65. The van der Waals surface area contributed by atoms with Crippen molar-refractivity contribution in [2.75, 3.05) is 13.6 Å². The molecule has 0 aromatic heterocycles. The van der Waals surface area contributed by atoms with Gasteiger partial charge in [-0.15, -0.1) is 0 Å². The van der Waals surface area contributed by atoms with Crippen molar-refractivity contribution in [2.45, 2.75) is 13.8 Å². The van der Waals surface area contributed by atoms with Gasteiger partial charge in [-0.2, -0.15) is 0 Å². The SMILES string of the molecule is C=C(C)OCOP(O)(=S)OCOC(=O)C(=C)C. The third-order valence-corrected chi connectivity index (χ3v) is 2.77. The summed E-state index contributed by atoms with van der Waals surface area (Å²) in [5.74, 6) is -0.230. The molecule has 8 heteroatoms. The lowest BCUT2D eigenvalue weighted by molar-refractivity contribution is -0.145. The Balaban J connectivity index is 3.86. The minimum atomic E-state index is -3.47. The fourth-order valence-electron chi connectivity index (χ4n) is 0.500. The van der Waals surface area contributed by atoms with Crippen LogP contribution < -0.4 is 0 Å². The number of esters is 1. The van der Waals surface area contributed by atoms with Gasteiger partial charge in [-0.3, -0.25) is 9.05 Å². The Morgan fingerprint density at radius 2 is 1.71 bits per heavy atom. The van der Waals surface area contributed by atoms with Gasteiger partial charge in [0, 0.05) is 5.57 Å². The van der Waals surface area contributed by atoms with E-state index in [4.69, 9.17) is 13.8 Å². The highest BCUT2D eigenvalue weighted by molar-refractivity contribution is 8.07. The van der Waals surface area contributed by atoms with Crippen molar-refractivity contribution in [1.82, 2.24) is 0 Å². The number of carbonyl (C=O) groups is 1. The zero-order valence-electron chi connectivity index (χ0n) is 9.67. The molecule has 0 radical (unpaired) electrons. The molecule has 0 rings (SSSR count). The van der Waals surface area contributed by atoms with Crippen LogP contribution in [0.3, 0.4) is 0 Å². The van der Waals surface area contributed by atoms with Crippen molar-refractivity contribution in [3.63, 3.8) is 0 Å². The van der Waals surface area contributed by atoms with Gasteiger partial charge in [0.05, 0.1) is 5.76 Å². The van der Waals surface area contributed by atoms with Crippen LogP contribution in [0.4, 0.5) is 0 Å². The van der Waals surface area contributed by atoms with Gasteiger partial charge in [0.2, 0.25) is 6.79 Å². The molecule has 1 atom stereocenters. The van der Waals surface area contributed by atoms with Crippen LogP contribution in [0.1, 0.15) is 13.8 Å². The quantitative estimate of drug-likeness (QED) is 0.239. The standard InChI is InChI=1S/C9H15O6PS/c1-7(2)9(10)13-6-15-16(11,17)14-5-12-8(3)4/h1,3,5-6H2,2,4H3,(H,11,17). The van der Waals surface area contributed by atoms with Crippen LogP contribution in [0.15, 0.2) is 24.5 Å². The summed E-state index contributed by atoms with van der Waals surface area (Å²) in [6, 6.07) is 0. The summed E-state index contributed by atoms with van der Waals surface area (Å²) >= 11 is 4.61. The lowest BCUT2D eigenvalue weighted by Gasteiger charge is -2.15. The van der Waals surface area contributed by atoms with Crippen LogP contribution in [-0.4, -0.2) is 24.4 Å². The summed E-state index contributed by atoms with van der Waals surface area (Å²) in [6.07, 6.45) is 0. The predicted molar refractivity (Wildman–Crippen MR) is 65.2 cm³/mol. The first-order valence-corrected chi connectivity index (χ1v) is 7.06. The van der Waals surface area contributed by atoms with Crippen LogP contribution in [0.5, 0.6) is 0 Å². The summed E-state index contributed by atoms with van der Waals surface area (Å²) < 4.78 is 18.8. The number of hydrogen-bond donors (Lipinski definition) is 1. The third kappa shape index (κ3) is 9.02. The number of carbonyl (C=O) groups excluding carboxylic acids is 1. The summed E-state index contributed by atoms with van der Waals surface area (Å²) in [5, 5.41) is 0. The Hall–Kier alpha value is -0.720. The van der Waals surface area contributed by atoms with Crippen molar-refractivity contribution in [2.24, 2.45) is 0 Å². The molecule has 0 fully saturated rings. The molecule has 6 nitrogen and oxygen atoms in total. The van der Waals surface area contributed by atoms with Crippen LogP contribution in [0.25, 0.3) is 0 Å². The van der Waals surface area contributed by atoms with Crippen LogP contribution in [0.2, 0.25) is 0 Å². The van der Waals surface area contributed by atoms with Crippen molar-refractivity contribution in [1.29, 1.82) is 0 Å². The molecule has 1 N–H and O–H groups in total. The predicted octanol–water partition coefficient (Wildman–Crippen LogP) is 1.82. The first kappa shape index (κ1) is 16.3. The molecule has 0 saturated heterocycles. The Morgan fingerprint density at radius 3 is 2.12 bits per heavy atom. The highest BCUT2D eigenvalue weighted by Gasteiger charge is 2.16. The second kappa shape index (κ2) is 7.58. The highest BCUT2D eigenvalue weighted by atomic mass is 32.5. The molecule has 0 saturated carbocycles. The zero-order chi connectivity index (χ0) is 13.5. The van der Waals surface area contributed by atoms with Crippen molar-refractivity contribution in [3.8, 4) is 0 Å². The molecular formula is C9H15O6PS. The lowest BCUT2D eigenvalue weighted by Crippen LogP contribution is -2.09. The molecule has 0 heterocycles. The Bertz CT molecular complexity index is 353. The minimum Gasteiger partial charge on any atom is -0.472 e. The minimum absolute atomic E-state index is 0.214. The van der Waals surface area contributed by atoms with E-state index in [-0.39, 0.29) is 12.4 Å². The molecule has 0 aliphatic carbocycles. The van der Waals surface area contributed by atoms with Crippen molar-refractivity contribution in [3.05, 3.63) is 24.5 Å². The maximum Gasteiger partial charge on any atom is 0.335 e.